The summed E-state index contributed by atoms with van der Waals surface area (Å²) in [6.45, 7) is -0.160. The maximum absolute atomic E-state index is 12.7. The molecule has 0 bridgehead atoms. The van der Waals surface area contributed by atoms with Crippen molar-refractivity contribution in [3.8, 4) is 5.75 Å². The van der Waals surface area contributed by atoms with E-state index in [4.69, 9.17) is 10.5 Å². The average molecular weight is 408 g/mol. The van der Waals surface area contributed by atoms with Gasteiger partial charge in [-0.2, -0.15) is 0 Å². The van der Waals surface area contributed by atoms with E-state index in [2.05, 4.69) is 10.6 Å². The van der Waals surface area contributed by atoms with E-state index in [1.165, 1.54) is 4.90 Å². The molecule has 2 aromatic rings. The standard InChI is InChI=1S/C22H24N4O4/c23-15-7-9-16(10-8-15)24-21(28)14-6-11-19-18(12-14)25-20(27)13-26(19)22(29)30-17-4-2-1-3-5-17/h1-6,11-12,15-16H,7-10,13,23H2,(H,24,28)(H,25,27). The van der Waals surface area contributed by atoms with E-state index in [-0.39, 0.29) is 30.4 Å². The van der Waals surface area contributed by atoms with Gasteiger partial charge >= 0.3 is 6.09 Å². The summed E-state index contributed by atoms with van der Waals surface area (Å²) in [5, 5.41) is 5.76. The Balaban J connectivity index is 1.49. The molecule has 0 saturated heterocycles. The van der Waals surface area contributed by atoms with Crippen molar-refractivity contribution in [2.75, 3.05) is 16.8 Å². The van der Waals surface area contributed by atoms with Crippen LogP contribution in [0.2, 0.25) is 0 Å². The van der Waals surface area contributed by atoms with Crippen LogP contribution in [0.25, 0.3) is 0 Å². The van der Waals surface area contributed by atoms with Crippen molar-refractivity contribution in [3.63, 3.8) is 0 Å². The van der Waals surface area contributed by atoms with E-state index in [0.717, 1.165) is 25.7 Å². The summed E-state index contributed by atoms with van der Waals surface area (Å²) in [5.41, 5.74) is 7.22. The zero-order valence-corrected chi connectivity index (χ0v) is 16.5. The Bertz CT molecular complexity index is 955. The molecule has 1 saturated carbocycles. The third-order valence-electron chi connectivity index (χ3n) is 5.40. The minimum Gasteiger partial charge on any atom is -0.410 e. The van der Waals surface area contributed by atoms with Crippen LogP contribution in [0.1, 0.15) is 36.0 Å². The Morgan fingerprint density at radius 2 is 1.80 bits per heavy atom. The van der Waals surface area contributed by atoms with Gasteiger partial charge in [-0.05, 0) is 56.0 Å². The molecule has 8 heteroatoms. The molecule has 0 radical (unpaired) electrons. The van der Waals surface area contributed by atoms with Crippen molar-refractivity contribution in [1.82, 2.24) is 5.32 Å². The number of fused-ring (bicyclic) bond motifs is 1. The monoisotopic (exact) mass is 408 g/mol. The van der Waals surface area contributed by atoms with Crippen molar-refractivity contribution < 1.29 is 19.1 Å². The molecular weight excluding hydrogens is 384 g/mol. The highest BCUT2D eigenvalue weighted by molar-refractivity contribution is 6.10. The van der Waals surface area contributed by atoms with Gasteiger partial charge in [-0.3, -0.25) is 14.5 Å². The maximum Gasteiger partial charge on any atom is 0.420 e. The molecule has 0 aromatic heterocycles. The predicted octanol–water partition coefficient (Wildman–Crippen LogP) is 2.64. The quantitative estimate of drug-likeness (QED) is 0.722. The molecule has 0 unspecified atom stereocenters. The lowest BCUT2D eigenvalue weighted by Crippen LogP contribution is -2.44. The van der Waals surface area contributed by atoms with Crippen LogP contribution in [0.3, 0.4) is 0 Å². The van der Waals surface area contributed by atoms with Crippen LogP contribution in [0.4, 0.5) is 16.2 Å². The summed E-state index contributed by atoms with van der Waals surface area (Å²) in [6, 6.07) is 13.8. The Morgan fingerprint density at radius 1 is 1.07 bits per heavy atom. The molecule has 1 fully saturated rings. The Morgan fingerprint density at radius 3 is 2.53 bits per heavy atom. The van der Waals surface area contributed by atoms with Gasteiger partial charge in [-0.1, -0.05) is 18.2 Å². The first-order chi connectivity index (χ1) is 14.5. The number of hydrogen-bond acceptors (Lipinski definition) is 5. The van der Waals surface area contributed by atoms with E-state index >= 15 is 0 Å². The summed E-state index contributed by atoms with van der Waals surface area (Å²) in [5.74, 6) is -0.180. The minimum atomic E-state index is -0.659. The van der Waals surface area contributed by atoms with Crippen molar-refractivity contribution in [2.24, 2.45) is 5.73 Å². The molecular formula is C22H24N4O4. The van der Waals surface area contributed by atoms with E-state index in [0.29, 0.717) is 22.7 Å². The highest BCUT2D eigenvalue weighted by Gasteiger charge is 2.29. The van der Waals surface area contributed by atoms with Gasteiger partial charge in [-0.25, -0.2) is 4.79 Å². The molecule has 2 aliphatic rings. The Kier molecular flexibility index (Phi) is 5.67. The fraction of sp³-hybridized carbons (Fsp3) is 0.318. The SMILES string of the molecule is NC1CCC(NC(=O)c2ccc3c(c2)NC(=O)CN3C(=O)Oc2ccccc2)CC1. The van der Waals surface area contributed by atoms with Crippen molar-refractivity contribution >= 4 is 29.3 Å². The molecule has 1 heterocycles. The Hall–Kier alpha value is -3.39. The topological polar surface area (TPSA) is 114 Å². The molecule has 0 atom stereocenters. The third kappa shape index (κ3) is 4.44. The number of benzene rings is 2. The van der Waals surface area contributed by atoms with Gasteiger partial charge in [0.1, 0.15) is 12.3 Å². The maximum atomic E-state index is 12.7. The third-order valence-corrected chi connectivity index (χ3v) is 5.40. The molecule has 30 heavy (non-hydrogen) atoms. The number of amides is 3. The van der Waals surface area contributed by atoms with E-state index < -0.39 is 6.09 Å². The largest absolute Gasteiger partial charge is 0.420 e. The number of nitrogens with zero attached hydrogens (tertiary/aromatic N) is 1. The number of rotatable bonds is 3. The first-order valence-electron chi connectivity index (χ1n) is 10.0. The number of anilines is 2. The summed E-state index contributed by atoms with van der Waals surface area (Å²) < 4.78 is 5.36. The summed E-state index contributed by atoms with van der Waals surface area (Å²) >= 11 is 0. The van der Waals surface area contributed by atoms with Gasteiger partial charge in [0.05, 0.1) is 11.4 Å². The van der Waals surface area contributed by atoms with E-state index in [9.17, 15) is 14.4 Å². The number of carbonyl (C=O) groups excluding carboxylic acids is 3. The highest BCUT2D eigenvalue weighted by Crippen LogP contribution is 2.31. The number of hydrogen-bond donors (Lipinski definition) is 3. The average Bonchev–Trinajstić information content (AvgIpc) is 2.75. The van der Waals surface area contributed by atoms with Gasteiger partial charge in [0.15, 0.2) is 0 Å². The van der Waals surface area contributed by atoms with Crippen LogP contribution in [0, 0.1) is 0 Å². The number of ether oxygens (including phenoxy) is 1. The van der Waals surface area contributed by atoms with Gasteiger partial charge in [0.25, 0.3) is 5.91 Å². The van der Waals surface area contributed by atoms with Gasteiger partial charge in [0, 0.05) is 17.6 Å². The molecule has 8 nitrogen and oxygen atoms in total. The second-order valence-electron chi connectivity index (χ2n) is 7.63. The predicted molar refractivity (Wildman–Crippen MR) is 113 cm³/mol. The number of carbonyl (C=O) groups is 3. The van der Waals surface area contributed by atoms with Crippen LogP contribution >= 0.6 is 0 Å². The zero-order valence-electron chi connectivity index (χ0n) is 16.5. The van der Waals surface area contributed by atoms with Gasteiger partial charge in [-0.15, -0.1) is 0 Å². The molecule has 2 aromatic carbocycles. The van der Waals surface area contributed by atoms with Crippen LogP contribution in [0.15, 0.2) is 48.5 Å². The van der Waals surface area contributed by atoms with E-state index in [1.807, 2.05) is 6.07 Å². The zero-order chi connectivity index (χ0) is 21.1. The molecule has 1 aliphatic carbocycles. The minimum absolute atomic E-state index is 0.0975. The van der Waals surface area contributed by atoms with Crippen molar-refractivity contribution in [2.45, 2.75) is 37.8 Å². The van der Waals surface area contributed by atoms with Crippen LogP contribution in [-0.4, -0.2) is 36.5 Å². The van der Waals surface area contributed by atoms with Gasteiger partial charge in [0.2, 0.25) is 5.91 Å². The number of para-hydroxylation sites is 1. The van der Waals surface area contributed by atoms with E-state index in [1.54, 1.807) is 42.5 Å². The lowest BCUT2D eigenvalue weighted by molar-refractivity contribution is -0.115. The summed E-state index contributed by atoms with van der Waals surface area (Å²) in [4.78, 5) is 38.7. The Labute approximate surface area is 174 Å². The molecule has 0 spiro atoms. The fourth-order valence-corrected chi connectivity index (χ4v) is 3.77. The summed E-state index contributed by atoms with van der Waals surface area (Å²) in [6.07, 6.45) is 2.84. The highest BCUT2D eigenvalue weighted by atomic mass is 16.6. The fourth-order valence-electron chi connectivity index (χ4n) is 3.77. The normalized spacial score (nSPS) is 20.7. The smallest absolute Gasteiger partial charge is 0.410 e. The molecule has 4 N–H and O–H groups in total. The lowest BCUT2D eigenvalue weighted by atomic mass is 9.91. The lowest BCUT2D eigenvalue weighted by Gasteiger charge is -2.29. The molecule has 3 amide bonds. The molecule has 1 aliphatic heterocycles. The van der Waals surface area contributed by atoms with Crippen LogP contribution in [0.5, 0.6) is 5.75 Å². The first kappa shape index (κ1) is 19.9. The van der Waals surface area contributed by atoms with Crippen LogP contribution < -0.4 is 26.0 Å². The van der Waals surface area contributed by atoms with Crippen molar-refractivity contribution in [3.05, 3.63) is 54.1 Å². The summed E-state index contributed by atoms with van der Waals surface area (Å²) in [7, 11) is 0. The second-order valence-corrected chi connectivity index (χ2v) is 7.63. The van der Waals surface area contributed by atoms with Gasteiger partial charge < -0.3 is 21.1 Å². The first-order valence-corrected chi connectivity index (χ1v) is 10.0. The van der Waals surface area contributed by atoms with Crippen molar-refractivity contribution in [1.29, 1.82) is 0 Å². The molecule has 4 rings (SSSR count). The number of nitrogens with one attached hydrogen (secondary N) is 2. The van der Waals surface area contributed by atoms with Crippen LogP contribution in [-0.2, 0) is 4.79 Å². The number of nitrogens with two attached hydrogens (primary N) is 1. The molecule has 156 valence electrons. The second kappa shape index (κ2) is 8.54.